The van der Waals surface area contributed by atoms with E-state index in [1.54, 1.807) is 0 Å². The summed E-state index contributed by atoms with van der Waals surface area (Å²) in [4.78, 5) is 0. The summed E-state index contributed by atoms with van der Waals surface area (Å²) in [5, 5.41) is 0. The Morgan fingerprint density at radius 1 is 0.929 bits per heavy atom. The first-order valence-corrected chi connectivity index (χ1v) is 5.83. The molecular formula is C13H21Cl. The fraction of sp³-hybridized carbons (Fsp3) is 0.538. The first kappa shape index (κ1) is 13.5. The first-order chi connectivity index (χ1) is 6.70. The number of halogens is 1. The highest BCUT2D eigenvalue weighted by Crippen LogP contribution is 1.99. The van der Waals surface area contributed by atoms with Crippen LogP contribution in [0.1, 0.15) is 37.3 Å². The normalized spacial score (nSPS) is 9.14. The van der Waals surface area contributed by atoms with Gasteiger partial charge in [0, 0.05) is 5.88 Å². The molecule has 0 atom stereocenters. The fourth-order valence-corrected chi connectivity index (χ4v) is 1.17. The summed E-state index contributed by atoms with van der Waals surface area (Å²) in [6.07, 6.45) is 3.73. The summed E-state index contributed by atoms with van der Waals surface area (Å²) in [5.74, 6) is 0.827. The van der Waals surface area contributed by atoms with E-state index >= 15 is 0 Å². The molecule has 0 bridgehead atoms. The van der Waals surface area contributed by atoms with Gasteiger partial charge in [0.15, 0.2) is 0 Å². The van der Waals surface area contributed by atoms with Gasteiger partial charge in [-0.05, 0) is 20.3 Å². The van der Waals surface area contributed by atoms with Crippen molar-refractivity contribution in [2.75, 3.05) is 5.88 Å². The minimum Gasteiger partial charge on any atom is -0.127 e. The molecule has 0 heterocycles. The van der Waals surface area contributed by atoms with E-state index in [2.05, 4.69) is 45.0 Å². The Kier molecular flexibility index (Phi) is 8.76. The van der Waals surface area contributed by atoms with Crippen LogP contribution in [0.2, 0.25) is 0 Å². The van der Waals surface area contributed by atoms with Crippen molar-refractivity contribution in [3.05, 3.63) is 35.4 Å². The van der Waals surface area contributed by atoms with E-state index in [-0.39, 0.29) is 0 Å². The molecule has 0 aliphatic carbocycles. The van der Waals surface area contributed by atoms with Crippen LogP contribution in [0.4, 0.5) is 0 Å². The van der Waals surface area contributed by atoms with Gasteiger partial charge in [0.25, 0.3) is 0 Å². The number of rotatable bonds is 3. The Labute approximate surface area is 93.3 Å². The lowest BCUT2D eigenvalue weighted by molar-refractivity contribution is 0.776. The van der Waals surface area contributed by atoms with E-state index in [0.29, 0.717) is 0 Å². The molecule has 0 amide bonds. The molecule has 14 heavy (non-hydrogen) atoms. The van der Waals surface area contributed by atoms with Gasteiger partial charge >= 0.3 is 0 Å². The predicted octanol–water partition coefficient (Wildman–Crippen LogP) is 4.72. The summed E-state index contributed by atoms with van der Waals surface area (Å²) in [6, 6.07) is 8.48. The highest BCUT2D eigenvalue weighted by molar-refractivity contribution is 6.17. The number of benzene rings is 1. The molecule has 0 saturated carbocycles. The summed E-state index contributed by atoms with van der Waals surface area (Å²) in [6.45, 7) is 6.37. The summed E-state index contributed by atoms with van der Waals surface area (Å²) >= 11 is 5.38. The van der Waals surface area contributed by atoms with Gasteiger partial charge in [-0.1, -0.05) is 55.2 Å². The number of hydrogen-bond acceptors (Lipinski definition) is 0. The van der Waals surface area contributed by atoms with E-state index in [1.807, 2.05) is 0 Å². The summed E-state index contributed by atoms with van der Waals surface area (Å²) in [7, 11) is 0. The Hall–Kier alpha value is -0.490. The van der Waals surface area contributed by atoms with Crippen molar-refractivity contribution in [1.29, 1.82) is 0 Å². The van der Waals surface area contributed by atoms with Gasteiger partial charge in [-0.25, -0.2) is 0 Å². The molecule has 0 radical (unpaired) electrons. The summed E-state index contributed by atoms with van der Waals surface area (Å²) < 4.78 is 0. The second kappa shape index (κ2) is 9.08. The standard InChI is InChI=1S/C8H10.C5H11Cl/c1-7-3-5-8(2)6-4-7;1-2-3-4-5-6/h3-6H,1-2H3;2-5H2,1H3. The van der Waals surface area contributed by atoms with Crippen LogP contribution in [0, 0.1) is 13.8 Å². The lowest BCUT2D eigenvalue weighted by atomic mass is 10.2. The maximum absolute atomic E-state index is 5.38. The molecule has 1 aromatic rings. The number of alkyl halides is 1. The van der Waals surface area contributed by atoms with E-state index in [9.17, 15) is 0 Å². The topological polar surface area (TPSA) is 0 Å². The third-order valence-electron chi connectivity index (χ3n) is 1.96. The molecule has 0 aliphatic rings. The van der Waals surface area contributed by atoms with Crippen LogP contribution in [0.5, 0.6) is 0 Å². The van der Waals surface area contributed by atoms with Crippen LogP contribution < -0.4 is 0 Å². The maximum Gasteiger partial charge on any atom is 0.0223 e. The highest BCUT2D eigenvalue weighted by Gasteiger charge is 1.79. The SMILES string of the molecule is CCCCCCl.Cc1ccc(C)cc1. The molecule has 0 aromatic heterocycles. The largest absolute Gasteiger partial charge is 0.127 e. The molecule has 0 aliphatic heterocycles. The number of unbranched alkanes of at least 4 members (excludes halogenated alkanes) is 2. The van der Waals surface area contributed by atoms with Crippen LogP contribution in [-0.2, 0) is 0 Å². The molecule has 0 saturated heterocycles. The first-order valence-electron chi connectivity index (χ1n) is 5.30. The van der Waals surface area contributed by atoms with Crippen LogP contribution in [-0.4, -0.2) is 5.88 Å². The minimum atomic E-state index is 0.827. The van der Waals surface area contributed by atoms with E-state index in [4.69, 9.17) is 11.6 Å². The van der Waals surface area contributed by atoms with Crippen molar-refractivity contribution >= 4 is 11.6 Å². The average Bonchev–Trinajstić information content (AvgIpc) is 2.20. The van der Waals surface area contributed by atoms with Gasteiger partial charge in [0.05, 0.1) is 0 Å². The van der Waals surface area contributed by atoms with Crippen molar-refractivity contribution in [3.63, 3.8) is 0 Å². The number of hydrogen-bond donors (Lipinski definition) is 0. The lowest BCUT2D eigenvalue weighted by Gasteiger charge is -1.90. The summed E-state index contributed by atoms with van der Waals surface area (Å²) in [5.41, 5.74) is 2.66. The maximum atomic E-state index is 5.38. The Morgan fingerprint density at radius 3 is 1.57 bits per heavy atom. The van der Waals surface area contributed by atoms with E-state index in [0.717, 1.165) is 5.88 Å². The van der Waals surface area contributed by atoms with Crippen molar-refractivity contribution in [2.24, 2.45) is 0 Å². The van der Waals surface area contributed by atoms with Crippen molar-refractivity contribution in [2.45, 2.75) is 40.0 Å². The third kappa shape index (κ3) is 8.12. The van der Waals surface area contributed by atoms with Crippen molar-refractivity contribution in [3.8, 4) is 0 Å². The van der Waals surface area contributed by atoms with E-state index < -0.39 is 0 Å². The Balaban J connectivity index is 0.000000255. The van der Waals surface area contributed by atoms with Crippen LogP contribution >= 0.6 is 11.6 Å². The minimum absolute atomic E-state index is 0.827. The van der Waals surface area contributed by atoms with Gasteiger partial charge in [-0.15, -0.1) is 11.6 Å². The fourth-order valence-electron chi connectivity index (χ4n) is 0.981. The van der Waals surface area contributed by atoms with Crippen molar-refractivity contribution < 1.29 is 0 Å². The van der Waals surface area contributed by atoms with Crippen molar-refractivity contribution in [1.82, 2.24) is 0 Å². The molecule has 0 nitrogen and oxygen atoms in total. The zero-order valence-corrected chi connectivity index (χ0v) is 10.3. The third-order valence-corrected chi connectivity index (χ3v) is 2.22. The van der Waals surface area contributed by atoms with E-state index in [1.165, 1.54) is 30.4 Å². The second-order valence-electron chi connectivity index (χ2n) is 3.55. The average molecular weight is 213 g/mol. The second-order valence-corrected chi connectivity index (χ2v) is 3.93. The highest BCUT2D eigenvalue weighted by atomic mass is 35.5. The quantitative estimate of drug-likeness (QED) is 0.503. The van der Waals surface area contributed by atoms with Gasteiger partial charge < -0.3 is 0 Å². The Morgan fingerprint density at radius 2 is 1.36 bits per heavy atom. The molecular weight excluding hydrogens is 192 g/mol. The molecule has 1 rings (SSSR count). The monoisotopic (exact) mass is 212 g/mol. The molecule has 80 valence electrons. The van der Waals surface area contributed by atoms with Gasteiger partial charge in [0.1, 0.15) is 0 Å². The molecule has 0 spiro atoms. The van der Waals surface area contributed by atoms with Gasteiger partial charge in [0.2, 0.25) is 0 Å². The molecule has 0 fully saturated rings. The smallest absolute Gasteiger partial charge is 0.0223 e. The van der Waals surface area contributed by atoms with Crippen LogP contribution in [0.25, 0.3) is 0 Å². The molecule has 1 heteroatoms. The molecule has 0 N–H and O–H groups in total. The Bertz CT molecular complexity index is 188. The van der Waals surface area contributed by atoms with Crippen LogP contribution in [0.3, 0.4) is 0 Å². The zero-order chi connectivity index (χ0) is 10.8. The van der Waals surface area contributed by atoms with Crippen LogP contribution in [0.15, 0.2) is 24.3 Å². The van der Waals surface area contributed by atoms with Gasteiger partial charge in [-0.3, -0.25) is 0 Å². The molecule has 1 aromatic carbocycles. The zero-order valence-electron chi connectivity index (χ0n) is 9.52. The number of aryl methyl sites for hydroxylation is 2. The molecule has 0 unspecified atom stereocenters. The predicted molar refractivity (Wildman–Crippen MR) is 66.2 cm³/mol. The lowest BCUT2D eigenvalue weighted by Crippen LogP contribution is -1.70. The van der Waals surface area contributed by atoms with Gasteiger partial charge in [-0.2, -0.15) is 0 Å².